The fraction of sp³-hybridized carbons (Fsp3) is 0.941. The highest BCUT2D eigenvalue weighted by atomic mass is 16.2. The first-order valence-corrected chi connectivity index (χ1v) is 9.13. The van der Waals surface area contributed by atoms with E-state index in [1.54, 1.807) is 0 Å². The van der Waals surface area contributed by atoms with Crippen LogP contribution in [0, 0.1) is 5.41 Å². The predicted octanol–water partition coefficient (Wildman–Crippen LogP) is 0.616. The second-order valence-electron chi connectivity index (χ2n) is 7.47. The Morgan fingerprint density at radius 1 is 0.955 bits per heavy atom. The summed E-state index contributed by atoms with van der Waals surface area (Å²) in [4.78, 5) is 19.5. The number of rotatable bonds is 7. The van der Waals surface area contributed by atoms with Crippen LogP contribution in [-0.2, 0) is 4.79 Å². The van der Waals surface area contributed by atoms with Gasteiger partial charge in [-0.3, -0.25) is 9.69 Å². The van der Waals surface area contributed by atoms with Gasteiger partial charge in [0, 0.05) is 44.7 Å². The van der Waals surface area contributed by atoms with Crippen LogP contribution in [0.3, 0.4) is 0 Å². The van der Waals surface area contributed by atoms with E-state index in [1.807, 2.05) is 0 Å². The molecule has 5 heteroatoms. The summed E-state index contributed by atoms with van der Waals surface area (Å²) >= 11 is 0. The molecule has 0 unspecified atom stereocenters. The molecule has 22 heavy (non-hydrogen) atoms. The van der Waals surface area contributed by atoms with Crippen molar-refractivity contribution in [1.29, 1.82) is 0 Å². The average Bonchev–Trinajstić information content (AvgIpc) is 3.10. The van der Waals surface area contributed by atoms with E-state index in [0.29, 0.717) is 12.0 Å². The Bertz CT molecular complexity index is 369. The largest absolute Gasteiger partial charge is 0.354 e. The summed E-state index contributed by atoms with van der Waals surface area (Å²) in [5.74, 6) is 0.220. The Morgan fingerprint density at radius 2 is 1.59 bits per heavy atom. The molecule has 0 atom stereocenters. The van der Waals surface area contributed by atoms with E-state index in [2.05, 4.69) is 26.9 Å². The maximum atomic E-state index is 12.2. The van der Waals surface area contributed by atoms with E-state index in [-0.39, 0.29) is 5.91 Å². The monoisotopic (exact) mass is 308 g/mol. The average molecular weight is 308 g/mol. The number of nitrogens with zero attached hydrogens (tertiary/aromatic N) is 3. The van der Waals surface area contributed by atoms with Crippen molar-refractivity contribution in [3.05, 3.63) is 0 Å². The fourth-order valence-electron chi connectivity index (χ4n) is 3.79. The zero-order valence-corrected chi connectivity index (χ0v) is 14.1. The molecular weight excluding hydrogens is 276 g/mol. The lowest BCUT2D eigenvalue weighted by molar-refractivity contribution is -0.123. The van der Waals surface area contributed by atoms with Crippen molar-refractivity contribution in [2.24, 2.45) is 5.41 Å². The third-order valence-corrected chi connectivity index (χ3v) is 5.65. The molecule has 3 fully saturated rings. The molecule has 0 aromatic carbocycles. The fourth-order valence-corrected chi connectivity index (χ4v) is 3.79. The van der Waals surface area contributed by atoms with Gasteiger partial charge in [-0.25, -0.2) is 0 Å². The van der Waals surface area contributed by atoms with Crippen LogP contribution in [0.5, 0.6) is 0 Å². The highest BCUT2D eigenvalue weighted by molar-refractivity contribution is 5.78. The minimum atomic E-state index is 0.220. The molecule has 3 rings (SSSR count). The lowest BCUT2D eigenvalue weighted by Gasteiger charge is -2.33. The summed E-state index contributed by atoms with van der Waals surface area (Å²) in [5.41, 5.74) is 0.404. The van der Waals surface area contributed by atoms with Crippen LogP contribution >= 0.6 is 0 Å². The van der Waals surface area contributed by atoms with Gasteiger partial charge in [0.25, 0.3) is 0 Å². The number of carbonyl (C=O) groups is 1. The van der Waals surface area contributed by atoms with Gasteiger partial charge in [-0.2, -0.15) is 0 Å². The van der Waals surface area contributed by atoms with Gasteiger partial charge >= 0.3 is 0 Å². The topological polar surface area (TPSA) is 38.8 Å². The lowest BCUT2D eigenvalue weighted by atomic mass is 10.1. The summed E-state index contributed by atoms with van der Waals surface area (Å²) in [6, 6.07) is 0. The van der Waals surface area contributed by atoms with Gasteiger partial charge in [0.15, 0.2) is 0 Å². The van der Waals surface area contributed by atoms with Crippen molar-refractivity contribution >= 4 is 5.91 Å². The quantitative estimate of drug-likeness (QED) is 0.748. The molecule has 2 aliphatic heterocycles. The Balaban J connectivity index is 1.34. The molecule has 0 spiro atoms. The van der Waals surface area contributed by atoms with Crippen LogP contribution in [0.15, 0.2) is 0 Å². The number of likely N-dealkylation sites (N-methyl/N-ethyl adjacent to an activating group) is 1. The minimum absolute atomic E-state index is 0.220. The number of piperazine rings is 1. The smallest absolute Gasteiger partial charge is 0.234 e. The molecule has 5 nitrogen and oxygen atoms in total. The van der Waals surface area contributed by atoms with E-state index < -0.39 is 0 Å². The molecule has 0 aromatic rings. The molecule has 0 radical (unpaired) electrons. The molecule has 1 aliphatic carbocycles. The second kappa shape index (κ2) is 7.28. The third kappa shape index (κ3) is 4.43. The van der Waals surface area contributed by atoms with Crippen molar-refractivity contribution < 1.29 is 4.79 Å². The zero-order chi connectivity index (χ0) is 15.4. The minimum Gasteiger partial charge on any atom is -0.354 e. The molecule has 0 aromatic heterocycles. The number of amides is 1. The molecule has 2 heterocycles. The number of likely N-dealkylation sites (tertiary alicyclic amines) is 1. The lowest BCUT2D eigenvalue weighted by Crippen LogP contribution is -2.49. The van der Waals surface area contributed by atoms with E-state index in [9.17, 15) is 4.79 Å². The first kappa shape index (κ1) is 16.2. The highest BCUT2D eigenvalue weighted by Crippen LogP contribution is 2.46. The molecule has 2 saturated heterocycles. The van der Waals surface area contributed by atoms with Crippen LogP contribution < -0.4 is 5.32 Å². The van der Waals surface area contributed by atoms with E-state index >= 15 is 0 Å². The highest BCUT2D eigenvalue weighted by Gasteiger charge is 2.44. The Kier molecular flexibility index (Phi) is 5.37. The predicted molar refractivity (Wildman–Crippen MR) is 88.9 cm³/mol. The van der Waals surface area contributed by atoms with Gasteiger partial charge in [-0.15, -0.1) is 0 Å². The summed E-state index contributed by atoms with van der Waals surface area (Å²) in [6.07, 6.45) is 5.29. The molecular formula is C17H32N4O. The summed E-state index contributed by atoms with van der Waals surface area (Å²) < 4.78 is 0. The van der Waals surface area contributed by atoms with Gasteiger partial charge < -0.3 is 15.1 Å². The van der Waals surface area contributed by atoms with E-state index in [0.717, 1.165) is 39.3 Å². The molecule has 1 saturated carbocycles. The maximum absolute atomic E-state index is 12.2. The summed E-state index contributed by atoms with van der Waals surface area (Å²) in [7, 11) is 0. The summed E-state index contributed by atoms with van der Waals surface area (Å²) in [6.45, 7) is 12.8. The number of carbonyl (C=O) groups excluding carboxylic acids is 1. The molecule has 1 amide bonds. The van der Waals surface area contributed by atoms with Crippen molar-refractivity contribution in [2.45, 2.75) is 32.6 Å². The normalized spacial score (nSPS) is 26.2. The molecule has 3 aliphatic rings. The van der Waals surface area contributed by atoms with Crippen molar-refractivity contribution in [1.82, 2.24) is 20.0 Å². The first-order chi connectivity index (χ1) is 10.7. The zero-order valence-electron chi connectivity index (χ0n) is 14.1. The molecule has 126 valence electrons. The van der Waals surface area contributed by atoms with Crippen LogP contribution in [0.1, 0.15) is 32.6 Å². The van der Waals surface area contributed by atoms with Crippen molar-refractivity contribution in [3.8, 4) is 0 Å². The van der Waals surface area contributed by atoms with Gasteiger partial charge in [0.05, 0.1) is 6.54 Å². The number of nitrogens with one attached hydrogen (secondary N) is 1. The second-order valence-corrected chi connectivity index (χ2v) is 7.47. The SMILES string of the molecule is CCN1CCN(CC(=O)NCC2(CN3CCCC3)CC2)CC1. The van der Waals surface area contributed by atoms with Gasteiger partial charge in [-0.05, 0) is 45.3 Å². The van der Waals surface area contributed by atoms with Crippen LogP contribution in [0.4, 0.5) is 0 Å². The van der Waals surface area contributed by atoms with Crippen LogP contribution in [0.25, 0.3) is 0 Å². The third-order valence-electron chi connectivity index (χ3n) is 5.65. The van der Waals surface area contributed by atoms with E-state index in [4.69, 9.17) is 0 Å². The maximum Gasteiger partial charge on any atom is 0.234 e. The number of hydrogen-bond donors (Lipinski definition) is 1. The van der Waals surface area contributed by atoms with Gasteiger partial charge in [0.1, 0.15) is 0 Å². The van der Waals surface area contributed by atoms with Gasteiger partial charge in [-0.1, -0.05) is 6.92 Å². The van der Waals surface area contributed by atoms with Crippen LogP contribution in [-0.4, -0.2) is 86.1 Å². The van der Waals surface area contributed by atoms with Gasteiger partial charge in [0.2, 0.25) is 5.91 Å². The molecule has 1 N–H and O–H groups in total. The molecule has 0 bridgehead atoms. The van der Waals surface area contributed by atoms with E-state index in [1.165, 1.54) is 45.3 Å². The standard InChI is InChI=1S/C17H32N4O/c1-2-19-9-11-20(12-10-19)13-16(22)18-14-17(5-6-17)15-21-7-3-4-8-21/h2-15H2,1H3,(H,18,22). The Labute approximate surface area is 135 Å². The first-order valence-electron chi connectivity index (χ1n) is 9.13. The summed E-state index contributed by atoms with van der Waals surface area (Å²) in [5, 5.41) is 3.21. The van der Waals surface area contributed by atoms with Crippen LogP contribution in [0.2, 0.25) is 0 Å². The van der Waals surface area contributed by atoms with Crippen molar-refractivity contribution in [3.63, 3.8) is 0 Å². The Morgan fingerprint density at radius 3 is 2.18 bits per heavy atom. The number of hydrogen-bond acceptors (Lipinski definition) is 4. The van der Waals surface area contributed by atoms with Crippen molar-refractivity contribution in [2.75, 3.05) is 65.4 Å². The Hall–Kier alpha value is -0.650.